The van der Waals surface area contributed by atoms with E-state index in [1.54, 1.807) is 0 Å². The summed E-state index contributed by atoms with van der Waals surface area (Å²) in [6.45, 7) is 0. The average Bonchev–Trinajstić information content (AvgIpc) is 2.58. The van der Waals surface area contributed by atoms with Gasteiger partial charge in [0.05, 0.1) is 0 Å². The van der Waals surface area contributed by atoms with Crippen LogP contribution in [0.1, 0.15) is 41.4 Å². The van der Waals surface area contributed by atoms with Crippen molar-refractivity contribution in [2.24, 2.45) is 0 Å². The summed E-state index contributed by atoms with van der Waals surface area (Å²) in [5, 5.41) is 70.4. The molecule has 2 rings (SSSR count). The van der Waals surface area contributed by atoms with Crippen LogP contribution < -0.4 is 0 Å². The minimum absolute atomic E-state index is 0. The molecule has 0 spiro atoms. The predicted octanol–water partition coefficient (Wildman–Crippen LogP) is 0.986. The van der Waals surface area contributed by atoms with E-state index in [1.165, 1.54) is 0 Å². The molecule has 0 aliphatic carbocycles. The standard InChI is InChI=1S/2C8H6O6.Ti/c2*9-5-3(7(11)12)1-2-4(6(5)10)8(13)14;/h2*1-2,9-10H,(H,11,12)(H,13,14);. The largest absolute Gasteiger partial charge is 0.504 e. The van der Waals surface area contributed by atoms with Gasteiger partial charge in [0, 0.05) is 21.7 Å². The fourth-order valence-electron chi connectivity index (χ4n) is 1.85. The first kappa shape index (κ1) is 25.2. The molecule has 0 radical (unpaired) electrons. The van der Waals surface area contributed by atoms with Crippen molar-refractivity contribution < 1.29 is 81.7 Å². The molecule has 12 nitrogen and oxygen atoms in total. The molecule has 0 atom stereocenters. The van der Waals surface area contributed by atoms with Crippen LogP contribution in [0, 0.1) is 0 Å². The van der Waals surface area contributed by atoms with Crippen molar-refractivity contribution in [3.63, 3.8) is 0 Å². The first-order chi connectivity index (χ1) is 12.9. The van der Waals surface area contributed by atoms with E-state index in [9.17, 15) is 19.2 Å². The minimum atomic E-state index is -1.45. The molecule has 2 aromatic carbocycles. The molecule has 0 aromatic heterocycles. The average molecular weight is 444 g/mol. The first-order valence-corrected chi connectivity index (χ1v) is 6.93. The molecule has 152 valence electrons. The van der Waals surface area contributed by atoms with E-state index < -0.39 is 69.1 Å². The van der Waals surface area contributed by atoms with Crippen LogP contribution in [0.5, 0.6) is 23.0 Å². The van der Waals surface area contributed by atoms with Crippen LogP contribution in [0.4, 0.5) is 0 Å². The molecule has 0 aliphatic rings. The van der Waals surface area contributed by atoms with Gasteiger partial charge in [-0.2, -0.15) is 0 Å². The number of carboxylic acids is 4. The van der Waals surface area contributed by atoms with Crippen molar-refractivity contribution in [2.45, 2.75) is 0 Å². The summed E-state index contributed by atoms with van der Waals surface area (Å²) < 4.78 is 0. The van der Waals surface area contributed by atoms with E-state index >= 15 is 0 Å². The van der Waals surface area contributed by atoms with Crippen LogP contribution in [0.3, 0.4) is 0 Å². The third kappa shape index (κ3) is 5.60. The van der Waals surface area contributed by atoms with Crippen LogP contribution >= 0.6 is 0 Å². The Kier molecular flexibility index (Phi) is 8.67. The number of carbonyl (C=O) groups is 4. The molecule has 0 amide bonds. The normalized spacial score (nSPS) is 9.38. The zero-order valence-electron chi connectivity index (χ0n) is 14.0. The van der Waals surface area contributed by atoms with E-state index in [1.807, 2.05) is 0 Å². The van der Waals surface area contributed by atoms with Gasteiger partial charge in [-0.25, -0.2) is 19.2 Å². The van der Waals surface area contributed by atoms with Crippen LogP contribution in [0.2, 0.25) is 0 Å². The summed E-state index contributed by atoms with van der Waals surface area (Å²) in [5.41, 5.74) is -2.19. The summed E-state index contributed by atoms with van der Waals surface area (Å²) >= 11 is 0. The molecule has 0 fully saturated rings. The summed E-state index contributed by atoms with van der Waals surface area (Å²) in [4.78, 5) is 41.7. The van der Waals surface area contributed by atoms with Crippen molar-refractivity contribution in [1.29, 1.82) is 0 Å². The molecule has 0 saturated heterocycles. The van der Waals surface area contributed by atoms with Gasteiger partial charge in [0.25, 0.3) is 0 Å². The van der Waals surface area contributed by atoms with Crippen molar-refractivity contribution in [2.75, 3.05) is 0 Å². The Morgan fingerprint density at radius 1 is 0.448 bits per heavy atom. The second-order valence-corrected chi connectivity index (χ2v) is 4.94. The topological polar surface area (TPSA) is 230 Å². The second kappa shape index (κ2) is 9.96. The van der Waals surface area contributed by atoms with E-state index in [-0.39, 0.29) is 21.7 Å². The number of rotatable bonds is 4. The third-order valence-corrected chi connectivity index (χ3v) is 3.22. The smallest absolute Gasteiger partial charge is 0.339 e. The molecule has 8 N–H and O–H groups in total. The van der Waals surface area contributed by atoms with Gasteiger partial charge < -0.3 is 40.9 Å². The Balaban J connectivity index is 0.000000523. The van der Waals surface area contributed by atoms with Crippen LogP contribution in [0.25, 0.3) is 0 Å². The van der Waals surface area contributed by atoms with Crippen LogP contribution in [-0.4, -0.2) is 64.7 Å². The quantitative estimate of drug-likeness (QED) is 0.244. The van der Waals surface area contributed by atoms with Gasteiger partial charge in [-0.05, 0) is 24.3 Å². The molecule has 0 unspecified atom stereocenters. The maximum Gasteiger partial charge on any atom is 0.339 e. The van der Waals surface area contributed by atoms with E-state index in [4.69, 9.17) is 40.9 Å². The number of hydrogen-bond donors (Lipinski definition) is 8. The third-order valence-electron chi connectivity index (χ3n) is 3.22. The van der Waals surface area contributed by atoms with Gasteiger partial charge in [0.15, 0.2) is 23.0 Å². The number of aromatic hydroxyl groups is 4. The monoisotopic (exact) mass is 444 g/mol. The minimum Gasteiger partial charge on any atom is -0.504 e. The van der Waals surface area contributed by atoms with E-state index in [0.717, 1.165) is 24.3 Å². The van der Waals surface area contributed by atoms with E-state index in [0.29, 0.717) is 0 Å². The van der Waals surface area contributed by atoms with Gasteiger partial charge in [0.1, 0.15) is 22.3 Å². The number of aromatic carboxylic acids is 4. The molecule has 0 saturated carbocycles. The summed E-state index contributed by atoms with van der Waals surface area (Å²) in [5.74, 6) is -9.58. The Morgan fingerprint density at radius 3 is 0.690 bits per heavy atom. The molecule has 0 aliphatic heterocycles. The Bertz CT molecular complexity index is 825. The molecule has 0 bridgehead atoms. The van der Waals surface area contributed by atoms with Gasteiger partial charge >= 0.3 is 23.9 Å². The molecular formula is C16H12O12Ti. The van der Waals surface area contributed by atoms with Gasteiger partial charge in [-0.15, -0.1) is 0 Å². The van der Waals surface area contributed by atoms with E-state index in [2.05, 4.69) is 0 Å². The molecule has 13 heteroatoms. The fourth-order valence-corrected chi connectivity index (χ4v) is 1.85. The molecular weight excluding hydrogens is 432 g/mol. The predicted molar refractivity (Wildman–Crippen MR) is 87.4 cm³/mol. The van der Waals surface area contributed by atoms with Crippen molar-refractivity contribution in [3.05, 3.63) is 46.5 Å². The maximum atomic E-state index is 10.4. The van der Waals surface area contributed by atoms with Crippen molar-refractivity contribution in [1.82, 2.24) is 0 Å². The summed E-state index contributed by atoms with van der Waals surface area (Å²) in [6, 6.07) is 3.61. The van der Waals surface area contributed by atoms with Crippen molar-refractivity contribution >= 4 is 23.9 Å². The van der Waals surface area contributed by atoms with Crippen molar-refractivity contribution in [3.8, 4) is 23.0 Å². The summed E-state index contributed by atoms with van der Waals surface area (Å²) in [6.07, 6.45) is 0. The first-order valence-electron chi connectivity index (χ1n) is 6.93. The number of benzene rings is 2. The Labute approximate surface area is 175 Å². The van der Waals surface area contributed by atoms with Gasteiger partial charge in [-0.1, -0.05) is 0 Å². The number of hydrogen-bond acceptors (Lipinski definition) is 8. The molecule has 2 aromatic rings. The van der Waals surface area contributed by atoms with Crippen LogP contribution in [-0.2, 0) is 21.7 Å². The maximum absolute atomic E-state index is 10.4. The number of phenols is 4. The van der Waals surface area contributed by atoms with Gasteiger partial charge in [-0.3, -0.25) is 0 Å². The molecule has 29 heavy (non-hydrogen) atoms. The zero-order chi connectivity index (χ0) is 21.8. The fraction of sp³-hybridized carbons (Fsp3) is 0. The van der Waals surface area contributed by atoms with Gasteiger partial charge in [0.2, 0.25) is 0 Å². The van der Waals surface area contributed by atoms with Crippen LogP contribution in [0.15, 0.2) is 24.3 Å². The Hall–Kier alpha value is -3.77. The SMILES string of the molecule is O=C(O)c1ccc(C(=O)O)c(O)c1O.O=C(O)c1ccc(C(=O)O)c(O)c1O.[Ti]. The summed E-state index contributed by atoms with van der Waals surface area (Å²) in [7, 11) is 0. The zero-order valence-corrected chi connectivity index (χ0v) is 15.6. The number of carboxylic acid groups (broad SMARTS) is 4. The second-order valence-electron chi connectivity index (χ2n) is 4.94. The molecule has 0 heterocycles. The Morgan fingerprint density at radius 2 is 0.586 bits per heavy atom.